The van der Waals surface area contributed by atoms with Crippen molar-refractivity contribution in [1.82, 2.24) is 0 Å². The number of rotatable bonds is 2. The number of hydrogen-bond acceptors (Lipinski definition) is 2. The van der Waals surface area contributed by atoms with E-state index in [2.05, 4.69) is 0 Å². The van der Waals surface area contributed by atoms with Gasteiger partial charge in [-0.3, -0.25) is 0 Å². The third-order valence-electron chi connectivity index (χ3n) is 1.85. The van der Waals surface area contributed by atoms with Gasteiger partial charge >= 0.3 is 0 Å². The first kappa shape index (κ1) is 9.52. The van der Waals surface area contributed by atoms with Crippen LogP contribution in [0.4, 0.5) is 0 Å². The minimum Gasteiger partial charge on any atom is -0.384 e. The van der Waals surface area contributed by atoms with Crippen LogP contribution in [0.5, 0.6) is 0 Å². The zero-order valence-corrected chi connectivity index (χ0v) is 7.67. The summed E-state index contributed by atoms with van der Waals surface area (Å²) in [4.78, 5) is 0. The lowest BCUT2D eigenvalue weighted by Crippen LogP contribution is -2.31. The molecule has 0 saturated carbocycles. The molecule has 0 saturated heterocycles. The van der Waals surface area contributed by atoms with Gasteiger partial charge in [0.05, 0.1) is 0 Å². The third-order valence-corrected chi connectivity index (χ3v) is 2.18. The van der Waals surface area contributed by atoms with Gasteiger partial charge < -0.3 is 10.8 Å². The first-order valence-electron chi connectivity index (χ1n) is 3.75. The van der Waals surface area contributed by atoms with Crippen LogP contribution in [-0.4, -0.2) is 11.7 Å². The Morgan fingerprint density at radius 3 is 2.58 bits per heavy atom. The van der Waals surface area contributed by atoms with E-state index in [-0.39, 0.29) is 6.54 Å². The summed E-state index contributed by atoms with van der Waals surface area (Å²) in [5.74, 6) is 0. The largest absolute Gasteiger partial charge is 0.384 e. The maximum absolute atomic E-state index is 9.77. The fourth-order valence-corrected chi connectivity index (χ4v) is 1.35. The maximum Gasteiger partial charge on any atom is 0.100 e. The highest BCUT2D eigenvalue weighted by Gasteiger charge is 2.22. The highest BCUT2D eigenvalue weighted by atomic mass is 35.5. The van der Waals surface area contributed by atoms with Gasteiger partial charge in [-0.2, -0.15) is 0 Å². The van der Waals surface area contributed by atoms with Crippen molar-refractivity contribution in [2.45, 2.75) is 12.5 Å². The first-order chi connectivity index (χ1) is 5.58. The van der Waals surface area contributed by atoms with E-state index in [1.807, 2.05) is 12.1 Å². The van der Waals surface area contributed by atoms with Crippen molar-refractivity contribution in [1.29, 1.82) is 0 Å². The van der Waals surface area contributed by atoms with Crippen LogP contribution < -0.4 is 5.73 Å². The Kier molecular flexibility index (Phi) is 2.73. The molecule has 3 heteroatoms. The van der Waals surface area contributed by atoms with Gasteiger partial charge in [0.2, 0.25) is 0 Å². The van der Waals surface area contributed by atoms with Gasteiger partial charge in [-0.1, -0.05) is 29.8 Å². The van der Waals surface area contributed by atoms with Gasteiger partial charge in [-0.25, -0.2) is 0 Å². The molecule has 0 aromatic heterocycles. The van der Waals surface area contributed by atoms with E-state index in [1.54, 1.807) is 19.1 Å². The zero-order chi connectivity index (χ0) is 9.19. The molecule has 1 aromatic rings. The van der Waals surface area contributed by atoms with Crippen LogP contribution in [0.25, 0.3) is 0 Å². The number of nitrogens with two attached hydrogens (primary N) is 1. The SMILES string of the molecule is C[C@@](O)(CN)c1ccccc1Cl. The van der Waals surface area contributed by atoms with E-state index in [0.717, 1.165) is 0 Å². The van der Waals surface area contributed by atoms with Crippen molar-refractivity contribution in [3.63, 3.8) is 0 Å². The quantitative estimate of drug-likeness (QED) is 0.734. The molecule has 2 nitrogen and oxygen atoms in total. The Labute approximate surface area is 77.0 Å². The molecule has 0 heterocycles. The third kappa shape index (κ3) is 1.78. The van der Waals surface area contributed by atoms with Crippen molar-refractivity contribution in [3.05, 3.63) is 34.9 Å². The molecule has 1 atom stereocenters. The van der Waals surface area contributed by atoms with Crippen LogP contribution in [0.2, 0.25) is 5.02 Å². The van der Waals surface area contributed by atoms with E-state index in [9.17, 15) is 5.11 Å². The summed E-state index contributed by atoms with van der Waals surface area (Å²) in [6, 6.07) is 7.15. The highest BCUT2D eigenvalue weighted by Crippen LogP contribution is 2.26. The van der Waals surface area contributed by atoms with Crippen molar-refractivity contribution in [3.8, 4) is 0 Å². The summed E-state index contributed by atoms with van der Waals surface area (Å²) in [6.45, 7) is 1.81. The van der Waals surface area contributed by atoms with Crippen molar-refractivity contribution in [2.75, 3.05) is 6.54 Å². The summed E-state index contributed by atoms with van der Waals surface area (Å²) >= 11 is 5.87. The minimum atomic E-state index is -1.03. The lowest BCUT2D eigenvalue weighted by atomic mass is 9.96. The van der Waals surface area contributed by atoms with Crippen LogP contribution in [-0.2, 0) is 5.60 Å². The summed E-state index contributed by atoms with van der Waals surface area (Å²) in [5.41, 5.74) is 5.04. The summed E-state index contributed by atoms with van der Waals surface area (Å²) < 4.78 is 0. The average molecular weight is 186 g/mol. The molecule has 1 rings (SSSR count). The second-order valence-electron chi connectivity index (χ2n) is 2.96. The lowest BCUT2D eigenvalue weighted by molar-refractivity contribution is 0.0669. The van der Waals surface area contributed by atoms with Crippen molar-refractivity contribution >= 4 is 11.6 Å². The van der Waals surface area contributed by atoms with Crippen LogP contribution in [0.1, 0.15) is 12.5 Å². The molecule has 1 aromatic carbocycles. The zero-order valence-electron chi connectivity index (χ0n) is 6.92. The van der Waals surface area contributed by atoms with Gasteiger partial charge in [-0.15, -0.1) is 0 Å². The highest BCUT2D eigenvalue weighted by molar-refractivity contribution is 6.31. The van der Waals surface area contributed by atoms with E-state index >= 15 is 0 Å². The Bertz CT molecular complexity index is 273. The normalized spacial score (nSPS) is 15.7. The Morgan fingerprint density at radius 2 is 2.08 bits per heavy atom. The Morgan fingerprint density at radius 1 is 1.50 bits per heavy atom. The van der Waals surface area contributed by atoms with E-state index in [1.165, 1.54) is 0 Å². The standard InChI is InChI=1S/C9H12ClNO/c1-9(12,6-11)7-4-2-3-5-8(7)10/h2-5,12H,6,11H2,1H3/t9-/m1/s1. The first-order valence-corrected chi connectivity index (χ1v) is 4.13. The molecule has 0 amide bonds. The molecule has 0 radical (unpaired) electrons. The summed E-state index contributed by atoms with van der Waals surface area (Å²) in [6.07, 6.45) is 0. The van der Waals surface area contributed by atoms with Gasteiger partial charge in [0.25, 0.3) is 0 Å². The Balaban J connectivity index is 3.10. The predicted octanol–water partition coefficient (Wildman–Crippen LogP) is 1.51. The molecule has 0 aliphatic rings. The maximum atomic E-state index is 9.77. The lowest BCUT2D eigenvalue weighted by Gasteiger charge is -2.22. The van der Waals surface area contributed by atoms with Crippen LogP contribution in [0.15, 0.2) is 24.3 Å². The Hall–Kier alpha value is -0.570. The van der Waals surface area contributed by atoms with Crippen LogP contribution >= 0.6 is 11.6 Å². The molecular formula is C9H12ClNO. The molecule has 0 unspecified atom stereocenters. The molecule has 66 valence electrons. The second-order valence-corrected chi connectivity index (χ2v) is 3.37. The average Bonchev–Trinajstić information content (AvgIpc) is 2.05. The monoisotopic (exact) mass is 185 g/mol. The van der Waals surface area contributed by atoms with Crippen LogP contribution in [0.3, 0.4) is 0 Å². The van der Waals surface area contributed by atoms with E-state index in [0.29, 0.717) is 10.6 Å². The van der Waals surface area contributed by atoms with Gasteiger partial charge in [0.1, 0.15) is 5.60 Å². The van der Waals surface area contributed by atoms with E-state index < -0.39 is 5.60 Å². The molecule has 0 aliphatic carbocycles. The van der Waals surface area contributed by atoms with Crippen molar-refractivity contribution in [2.24, 2.45) is 5.73 Å². The van der Waals surface area contributed by atoms with Crippen LogP contribution in [0, 0.1) is 0 Å². The number of halogens is 1. The number of aliphatic hydroxyl groups is 1. The summed E-state index contributed by atoms with van der Waals surface area (Å²) in [7, 11) is 0. The predicted molar refractivity (Wildman–Crippen MR) is 50.1 cm³/mol. The second kappa shape index (κ2) is 3.44. The van der Waals surface area contributed by atoms with E-state index in [4.69, 9.17) is 17.3 Å². The smallest absolute Gasteiger partial charge is 0.100 e. The molecule has 3 N–H and O–H groups in total. The fourth-order valence-electron chi connectivity index (χ4n) is 1.01. The van der Waals surface area contributed by atoms with Gasteiger partial charge in [0.15, 0.2) is 0 Å². The topological polar surface area (TPSA) is 46.2 Å². The molecule has 0 aliphatic heterocycles. The minimum absolute atomic E-state index is 0.163. The molecular weight excluding hydrogens is 174 g/mol. The molecule has 12 heavy (non-hydrogen) atoms. The van der Waals surface area contributed by atoms with Gasteiger partial charge in [0, 0.05) is 17.1 Å². The van der Waals surface area contributed by atoms with Crippen molar-refractivity contribution < 1.29 is 5.11 Å². The fraction of sp³-hybridized carbons (Fsp3) is 0.333. The van der Waals surface area contributed by atoms with Gasteiger partial charge in [-0.05, 0) is 13.0 Å². The number of hydrogen-bond donors (Lipinski definition) is 2. The summed E-state index contributed by atoms with van der Waals surface area (Å²) in [5, 5.41) is 10.3. The molecule has 0 fully saturated rings. The molecule has 0 spiro atoms. The molecule has 0 bridgehead atoms. The number of benzene rings is 1.